The van der Waals surface area contributed by atoms with E-state index in [1.54, 1.807) is 0 Å². The molecule has 1 aliphatic rings. The van der Waals surface area contributed by atoms with E-state index < -0.39 is 5.54 Å². The second kappa shape index (κ2) is 5.51. The van der Waals surface area contributed by atoms with Crippen molar-refractivity contribution in [2.75, 3.05) is 0 Å². The maximum atomic E-state index is 12.6. The molecule has 4 nitrogen and oxygen atoms in total. The van der Waals surface area contributed by atoms with Gasteiger partial charge in [0, 0.05) is 0 Å². The van der Waals surface area contributed by atoms with Gasteiger partial charge >= 0.3 is 6.03 Å². The average molecular weight is 288 g/mol. The molecule has 1 saturated heterocycles. The number of aryl methyl sites for hydroxylation is 2. The van der Waals surface area contributed by atoms with Gasteiger partial charge in [0.05, 0.1) is 6.54 Å². The van der Waals surface area contributed by atoms with Crippen molar-refractivity contribution in [3.05, 3.63) is 34.9 Å². The number of carbonyl (C=O) groups excluding carboxylic acids is 2. The third-order valence-corrected chi connectivity index (χ3v) is 3.78. The summed E-state index contributed by atoms with van der Waals surface area (Å²) in [7, 11) is 0. The zero-order valence-corrected chi connectivity index (χ0v) is 13.5. The van der Waals surface area contributed by atoms with Crippen LogP contribution in [0.4, 0.5) is 4.79 Å². The summed E-state index contributed by atoms with van der Waals surface area (Å²) in [5.41, 5.74) is 2.50. The normalized spacial score (nSPS) is 22.1. The van der Waals surface area contributed by atoms with Crippen LogP contribution >= 0.6 is 0 Å². The predicted octanol–water partition coefficient (Wildman–Crippen LogP) is 3.16. The minimum absolute atomic E-state index is 0.125. The van der Waals surface area contributed by atoms with Gasteiger partial charge in [0.15, 0.2) is 0 Å². The molecular weight excluding hydrogens is 264 g/mol. The highest BCUT2D eigenvalue weighted by molar-refractivity contribution is 6.06. The van der Waals surface area contributed by atoms with Gasteiger partial charge in [0.25, 0.3) is 5.91 Å². The minimum atomic E-state index is -0.774. The van der Waals surface area contributed by atoms with Crippen molar-refractivity contribution in [2.24, 2.45) is 5.92 Å². The Kier molecular flexibility index (Phi) is 4.08. The summed E-state index contributed by atoms with van der Waals surface area (Å²) in [4.78, 5) is 26.1. The molecule has 1 fully saturated rings. The largest absolute Gasteiger partial charge is 0.325 e. The van der Waals surface area contributed by atoms with E-state index in [0.29, 0.717) is 18.9 Å². The van der Waals surface area contributed by atoms with Crippen LogP contribution in [-0.4, -0.2) is 22.4 Å². The van der Waals surface area contributed by atoms with E-state index >= 15 is 0 Å². The number of benzene rings is 1. The van der Waals surface area contributed by atoms with Crippen LogP contribution in [0.1, 0.15) is 43.9 Å². The van der Waals surface area contributed by atoms with Gasteiger partial charge in [-0.3, -0.25) is 9.69 Å². The lowest BCUT2D eigenvalue weighted by Crippen LogP contribution is -2.44. The quantitative estimate of drug-likeness (QED) is 0.865. The number of carbonyl (C=O) groups is 2. The molecule has 4 heteroatoms. The average Bonchev–Trinajstić information content (AvgIpc) is 2.50. The van der Waals surface area contributed by atoms with Crippen LogP contribution in [0.15, 0.2) is 18.2 Å². The van der Waals surface area contributed by atoms with Gasteiger partial charge in [0.2, 0.25) is 0 Å². The SMILES string of the molecule is Cc1cc(C)cc(CN2C(=O)NC(C)(CC(C)C)C2=O)c1. The number of urea groups is 1. The topological polar surface area (TPSA) is 49.4 Å². The molecule has 114 valence electrons. The third-order valence-electron chi connectivity index (χ3n) is 3.78. The van der Waals surface area contributed by atoms with Gasteiger partial charge in [-0.1, -0.05) is 43.2 Å². The number of amides is 3. The maximum Gasteiger partial charge on any atom is 0.325 e. The molecule has 1 N–H and O–H groups in total. The fourth-order valence-corrected chi connectivity index (χ4v) is 3.19. The number of nitrogens with zero attached hydrogens (tertiary/aromatic N) is 1. The first-order valence-electron chi connectivity index (χ1n) is 7.42. The second-order valence-electron chi connectivity index (χ2n) is 6.75. The first-order chi connectivity index (χ1) is 9.71. The molecule has 0 saturated carbocycles. The number of rotatable bonds is 4. The Labute approximate surface area is 126 Å². The van der Waals surface area contributed by atoms with E-state index in [0.717, 1.165) is 16.7 Å². The van der Waals surface area contributed by atoms with Crippen molar-refractivity contribution in [1.29, 1.82) is 0 Å². The lowest BCUT2D eigenvalue weighted by Gasteiger charge is -2.23. The summed E-state index contributed by atoms with van der Waals surface area (Å²) >= 11 is 0. The van der Waals surface area contributed by atoms with E-state index in [1.165, 1.54) is 4.90 Å². The fourth-order valence-electron chi connectivity index (χ4n) is 3.19. The summed E-state index contributed by atoms with van der Waals surface area (Å²) in [6.45, 7) is 10.3. The predicted molar refractivity (Wildman–Crippen MR) is 82.9 cm³/mol. The lowest BCUT2D eigenvalue weighted by atomic mass is 9.91. The van der Waals surface area contributed by atoms with E-state index in [-0.39, 0.29) is 11.9 Å². The van der Waals surface area contributed by atoms with Crippen molar-refractivity contribution in [2.45, 2.75) is 53.1 Å². The molecule has 3 amide bonds. The summed E-state index contributed by atoms with van der Waals surface area (Å²) in [6.07, 6.45) is 0.654. The molecule has 1 atom stereocenters. The number of hydrogen-bond acceptors (Lipinski definition) is 2. The van der Waals surface area contributed by atoms with E-state index in [2.05, 4.69) is 25.2 Å². The molecule has 0 aliphatic carbocycles. The molecule has 1 heterocycles. The summed E-state index contributed by atoms with van der Waals surface area (Å²) in [5, 5.41) is 2.85. The Bertz CT molecular complexity index is 560. The first-order valence-corrected chi connectivity index (χ1v) is 7.42. The number of nitrogens with one attached hydrogen (secondary N) is 1. The number of hydrogen-bond donors (Lipinski definition) is 1. The Morgan fingerprint density at radius 2 is 1.71 bits per heavy atom. The maximum absolute atomic E-state index is 12.6. The van der Waals surface area contributed by atoms with E-state index in [9.17, 15) is 9.59 Å². The van der Waals surface area contributed by atoms with Crippen LogP contribution in [0, 0.1) is 19.8 Å². The van der Waals surface area contributed by atoms with Gasteiger partial charge in [-0.2, -0.15) is 0 Å². The Morgan fingerprint density at radius 3 is 2.24 bits per heavy atom. The summed E-state index contributed by atoms with van der Waals surface area (Å²) in [5.74, 6) is 0.223. The van der Waals surface area contributed by atoms with Crippen LogP contribution in [0.5, 0.6) is 0 Å². The van der Waals surface area contributed by atoms with Gasteiger partial charge < -0.3 is 5.32 Å². The summed E-state index contributed by atoms with van der Waals surface area (Å²) in [6, 6.07) is 5.83. The van der Waals surface area contributed by atoms with Crippen molar-refractivity contribution in [3.8, 4) is 0 Å². The molecule has 1 aromatic carbocycles. The van der Waals surface area contributed by atoms with E-state index in [4.69, 9.17) is 0 Å². The van der Waals surface area contributed by atoms with Gasteiger partial charge in [-0.05, 0) is 38.7 Å². The van der Waals surface area contributed by atoms with Crippen molar-refractivity contribution < 1.29 is 9.59 Å². The Hall–Kier alpha value is -1.84. The fraction of sp³-hybridized carbons (Fsp3) is 0.529. The highest BCUT2D eigenvalue weighted by atomic mass is 16.2. The lowest BCUT2D eigenvalue weighted by molar-refractivity contribution is -0.131. The molecule has 0 spiro atoms. The first kappa shape index (κ1) is 15.5. The van der Waals surface area contributed by atoms with Gasteiger partial charge in [-0.15, -0.1) is 0 Å². The van der Waals surface area contributed by atoms with Crippen LogP contribution < -0.4 is 5.32 Å². The standard InChI is InChI=1S/C17H24N2O2/c1-11(2)9-17(5)15(20)19(16(21)18-17)10-14-7-12(3)6-13(4)8-14/h6-8,11H,9-10H2,1-5H3,(H,18,21). The molecule has 0 bridgehead atoms. The van der Waals surface area contributed by atoms with E-state index in [1.807, 2.05) is 32.9 Å². The Balaban J connectivity index is 2.21. The molecule has 0 radical (unpaired) electrons. The molecule has 1 unspecified atom stereocenters. The van der Waals surface area contributed by atoms with Gasteiger partial charge in [0.1, 0.15) is 5.54 Å². The van der Waals surface area contributed by atoms with Gasteiger partial charge in [-0.25, -0.2) is 4.79 Å². The zero-order chi connectivity index (χ0) is 15.8. The Morgan fingerprint density at radius 1 is 1.14 bits per heavy atom. The second-order valence-corrected chi connectivity index (χ2v) is 6.75. The van der Waals surface area contributed by atoms with Crippen LogP contribution in [-0.2, 0) is 11.3 Å². The highest BCUT2D eigenvalue weighted by Crippen LogP contribution is 2.26. The molecule has 0 aromatic heterocycles. The van der Waals surface area contributed by atoms with Crippen LogP contribution in [0.2, 0.25) is 0 Å². The molecule has 21 heavy (non-hydrogen) atoms. The zero-order valence-electron chi connectivity index (χ0n) is 13.5. The van der Waals surface area contributed by atoms with Crippen molar-refractivity contribution in [1.82, 2.24) is 10.2 Å². The molecular formula is C17H24N2O2. The minimum Gasteiger partial charge on any atom is -0.323 e. The molecule has 2 rings (SSSR count). The third kappa shape index (κ3) is 3.26. The van der Waals surface area contributed by atoms with Crippen molar-refractivity contribution in [3.63, 3.8) is 0 Å². The smallest absolute Gasteiger partial charge is 0.323 e. The molecule has 1 aliphatic heterocycles. The van der Waals surface area contributed by atoms with Crippen LogP contribution in [0.25, 0.3) is 0 Å². The monoisotopic (exact) mass is 288 g/mol. The van der Waals surface area contributed by atoms with Crippen LogP contribution in [0.3, 0.4) is 0 Å². The summed E-state index contributed by atoms with van der Waals surface area (Å²) < 4.78 is 0. The highest BCUT2D eigenvalue weighted by Gasteiger charge is 2.47. The van der Waals surface area contributed by atoms with Crippen molar-refractivity contribution >= 4 is 11.9 Å². The molecule has 1 aromatic rings. The number of imide groups is 1.